The predicted octanol–water partition coefficient (Wildman–Crippen LogP) is 5.63. The lowest BCUT2D eigenvalue weighted by Crippen LogP contribution is -2.54. The monoisotopic (exact) mass is 658 g/mol. The molecule has 1 aliphatic rings. The van der Waals surface area contributed by atoms with Crippen molar-refractivity contribution in [2.24, 2.45) is 0 Å². The lowest BCUT2D eigenvalue weighted by molar-refractivity contribution is -0.384. The molecule has 1 fully saturated rings. The number of rotatable bonds is 13. The van der Waals surface area contributed by atoms with Crippen LogP contribution in [-0.4, -0.2) is 48.7 Å². The number of amides is 2. The van der Waals surface area contributed by atoms with E-state index in [4.69, 9.17) is 0 Å². The first kappa shape index (κ1) is 33.3. The van der Waals surface area contributed by atoms with Gasteiger partial charge in [-0.3, -0.25) is 24.0 Å². The molecule has 1 atom stereocenters. The fourth-order valence-corrected chi connectivity index (χ4v) is 7.17. The minimum absolute atomic E-state index is 0.0778. The Bertz CT molecular complexity index is 1820. The molecule has 4 aromatic carbocycles. The molecule has 0 radical (unpaired) electrons. The maximum absolute atomic E-state index is 15.1. The molecule has 0 bridgehead atoms. The van der Waals surface area contributed by atoms with Gasteiger partial charge in [-0.15, -0.1) is 0 Å². The molecule has 0 heterocycles. The quantitative estimate of drug-likeness (QED) is 0.147. The summed E-state index contributed by atoms with van der Waals surface area (Å²) >= 11 is 0. The Labute approximate surface area is 273 Å². The fourth-order valence-electron chi connectivity index (χ4n) is 5.74. The summed E-state index contributed by atoms with van der Waals surface area (Å²) < 4.78 is 44.0. The lowest BCUT2D eigenvalue weighted by atomic mass is 10.0. The smallest absolute Gasteiger partial charge is 0.271 e. The largest absolute Gasteiger partial charge is 0.352 e. The van der Waals surface area contributed by atoms with Crippen LogP contribution in [0.2, 0.25) is 0 Å². The van der Waals surface area contributed by atoms with Crippen LogP contribution in [0, 0.1) is 15.9 Å². The zero-order valence-electron chi connectivity index (χ0n) is 25.6. The van der Waals surface area contributed by atoms with Crippen LogP contribution in [0.3, 0.4) is 0 Å². The molecule has 0 spiro atoms. The SMILES string of the molecule is O=C(NC1CCCC1)[C@H](Cc1ccccc1)N(Cc1ccccc1F)C(=O)CN(c1cccc([N+](=O)[O-])c1)S(=O)(=O)c1ccccc1. The number of hydrogen-bond acceptors (Lipinski definition) is 6. The second-order valence-electron chi connectivity index (χ2n) is 11.4. The normalized spacial score (nSPS) is 13.9. The van der Waals surface area contributed by atoms with Crippen LogP contribution in [0.5, 0.6) is 0 Å². The number of nitro groups is 1. The second kappa shape index (κ2) is 15.0. The van der Waals surface area contributed by atoms with E-state index in [1.165, 1.54) is 65.6 Å². The Morgan fingerprint density at radius 1 is 0.894 bits per heavy atom. The molecule has 0 saturated heterocycles. The molecule has 0 aliphatic heterocycles. The average molecular weight is 659 g/mol. The highest BCUT2D eigenvalue weighted by molar-refractivity contribution is 7.92. The van der Waals surface area contributed by atoms with E-state index in [9.17, 15) is 28.1 Å². The molecule has 5 rings (SSSR count). The number of carbonyl (C=O) groups excluding carboxylic acids is 2. The molecule has 2 amide bonds. The highest BCUT2D eigenvalue weighted by Crippen LogP contribution is 2.28. The molecular formula is C35H35FN4O6S. The van der Waals surface area contributed by atoms with Crippen LogP contribution in [0.25, 0.3) is 0 Å². The van der Waals surface area contributed by atoms with Crippen molar-refractivity contribution in [3.05, 3.63) is 136 Å². The van der Waals surface area contributed by atoms with Crippen LogP contribution in [0.4, 0.5) is 15.8 Å². The van der Waals surface area contributed by atoms with Gasteiger partial charge >= 0.3 is 0 Å². The molecule has 0 unspecified atom stereocenters. The van der Waals surface area contributed by atoms with Crippen LogP contribution >= 0.6 is 0 Å². The number of halogens is 1. The first-order chi connectivity index (χ1) is 22.6. The molecule has 0 aromatic heterocycles. The van der Waals surface area contributed by atoms with E-state index in [-0.39, 0.29) is 40.8 Å². The molecule has 12 heteroatoms. The number of carbonyl (C=O) groups is 2. The fraction of sp³-hybridized carbons (Fsp3) is 0.257. The number of hydrogen-bond donors (Lipinski definition) is 1. The summed E-state index contributed by atoms with van der Waals surface area (Å²) in [7, 11) is -4.44. The third kappa shape index (κ3) is 8.20. The summed E-state index contributed by atoms with van der Waals surface area (Å²) in [4.78, 5) is 40.5. The summed E-state index contributed by atoms with van der Waals surface area (Å²) in [6.45, 7) is -1.13. The lowest BCUT2D eigenvalue weighted by Gasteiger charge is -2.34. The molecule has 47 heavy (non-hydrogen) atoms. The number of nitrogens with one attached hydrogen (secondary N) is 1. The van der Waals surface area contributed by atoms with E-state index in [2.05, 4.69) is 5.32 Å². The Morgan fingerprint density at radius 3 is 2.19 bits per heavy atom. The molecule has 10 nitrogen and oxygen atoms in total. The van der Waals surface area contributed by atoms with Gasteiger partial charge in [0.2, 0.25) is 11.8 Å². The number of benzene rings is 4. The van der Waals surface area contributed by atoms with Gasteiger partial charge in [0.05, 0.1) is 15.5 Å². The Hall–Kier alpha value is -5.10. The third-order valence-electron chi connectivity index (χ3n) is 8.21. The van der Waals surface area contributed by atoms with E-state index in [1.54, 1.807) is 24.3 Å². The first-order valence-electron chi connectivity index (χ1n) is 15.3. The van der Waals surface area contributed by atoms with Gasteiger partial charge in [0.15, 0.2) is 0 Å². The number of non-ortho nitro benzene ring substituents is 1. The maximum atomic E-state index is 15.1. The zero-order valence-corrected chi connectivity index (χ0v) is 26.4. The van der Waals surface area contributed by atoms with E-state index in [0.29, 0.717) is 0 Å². The van der Waals surface area contributed by atoms with E-state index >= 15 is 4.39 Å². The van der Waals surface area contributed by atoms with Crippen molar-refractivity contribution >= 4 is 33.2 Å². The van der Waals surface area contributed by atoms with E-state index in [0.717, 1.165) is 41.6 Å². The topological polar surface area (TPSA) is 130 Å². The Balaban J connectivity index is 1.59. The molecule has 244 valence electrons. The summed E-state index contributed by atoms with van der Waals surface area (Å²) in [5, 5.41) is 14.7. The van der Waals surface area contributed by atoms with Gasteiger partial charge in [0.1, 0.15) is 18.4 Å². The van der Waals surface area contributed by atoms with Crippen molar-refractivity contribution in [2.75, 3.05) is 10.8 Å². The molecule has 1 saturated carbocycles. The van der Waals surface area contributed by atoms with Crippen molar-refractivity contribution < 1.29 is 27.3 Å². The van der Waals surface area contributed by atoms with Crippen molar-refractivity contribution in [2.45, 2.75) is 55.6 Å². The van der Waals surface area contributed by atoms with Crippen LogP contribution in [0.15, 0.2) is 114 Å². The molecule has 4 aromatic rings. The summed E-state index contributed by atoms with van der Waals surface area (Å²) in [5.74, 6) is -1.81. The van der Waals surface area contributed by atoms with Gasteiger partial charge in [-0.2, -0.15) is 0 Å². The number of sulfonamides is 1. The molecular weight excluding hydrogens is 623 g/mol. The van der Waals surface area contributed by atoms with Gasteiger partial charge in [0.25, 0.3) is 15.7 Å². The Kier molecular flexibility index (Phi) is 10.6. The number of anilines is 1. The van der Waals surface area contributed by atoms with Gasteiger partial charge in [0, 0.05) is 36.7 Å². The van der Waals surface area contributed by atoms with Crippen molar-refractivity contribution in [1.82, 2.24) is 10.2 Å². The zero-order chi connectivity index (χ0) is 33.4. The highest BCUT2D eigenvalue weighted by atomic mass is 32.2. The van der Waals surface area contributed by atoms with Crippen molar-refractivity contribution in [3.8, 4) is 0 Å². The minimum atomic E-state index is -4.44. The van der Waals surface area contributed by atoms with Crippen LogP contribution in [0.1, 0.15) is 36.8 Å². The minimum Gasteiger partial charge on any atom is -0.352 e. The van der Waals surface area contributed by atoms with Crippen LogP contribution < -0.4 is 9.62 Å². The van der Waals surface area contributed by atoms with Crippen molar-refractivity contribution in [3.63, 3.8) is 0 Å². The average Bonchev–Trinajstić information content (AvgIpc) is 3.59. The summed E-state index contributed by atoms with van der Waals surface area (Å²) in [6.07, 6.45) is 3.59. The van der Waals surface area contributed by atoms with Crippen molar-refractivity contribution in [1.29, 1.82) is 0 Å². The molecule has 1 aliphatic carbocycles. The van der Waals surface area contributed by atoms with Gasteiger partial charge in [-0.05, 0) is 42.7 Å². The number of nitrogens with zero attached hydrogens (tertiary/aromatic N) is 3. The first-order valence-corrected chi connectivity index (χ1v) is 16.8. The predicted molar refractivity (Wildman–Crippen MR) is 175 cm³/mol. The van der Waals surface area contributed by atoms with Gasteiger partial charge < -0.3 is 10.2 Å². The van der Waals surface area contributed by atoms with E-state index < -0.39 is 45.2 Å². The highest BCUT2D eigenvalue weighted by Gasteiger charge is 2.36. The van der Waals surface area contributed by atoms with E-state index in [1.807, 2.05) is 18.2 Å². The number of nitro benzene ring substituents is 1. The Morgan fingerprint density at radius 2 is 1.53 bits per heavy atom. The standard InChI is InChI=1S/C35H35FN4O6S/c36-32-21-10-7-14-27(32)24-38(33(22-26-12-3-1-4-13-26)35(42)37-28-15-8-9-16-28)34(41)25-39(29-17-11-18-30(23-29)40(43)44)47(45,46)31-19-5-2-6-20-31/h1-7,10-14,17-21,23,28,33H,8-9,15-16,22,24-25H2,(H,37,42)/t33-/m0/s1. The second-order valence-corrected chi connectivity index (χ2v) is 13.3. The summed E-state index contributed by atoms with van der Waals surface area (Å²) in [5.41, 5.74) is 0.403. The van der Waals surface area contributed by atoms with Gasteiger partial charge in [-0.25, -0.2) is 12.8 Å². The van der Waals surface area contributed by atoms with Crippen LogP contribution in [-0.2, 0) is 32.6 Å². The maximum Gasteiger partial charge on any atom is 0.271 e. The van der Waals surface area contributed by atoms with Gasteiger partial charge in [-0.1, -0.05) is 85.6 Å². The summed E-state index contributed by atoms with van der Waals surface area (Å²) in [6, 6.07) is 26.1. The molecule has 1 N–H and O–H groups in total. The third-order valence-corrected chi connectivity index (χ3v) is 10.00.